The first-order chi connectivity index (χ1) is 27.1. The van der Waals surface area contributed by atoms with Crippen LogP contribution in [-0.4, -0.2) is 130 Å². The monoisotopic (exact) mass is 790 g/mol. The van der Waals surface area contributed by atoms with Gasteiger partial charge in [0, 0.05) is 58.5 Å². The van der Waals surface area contributed by atoms with Crippen molar-refractivity contribution < 1.29 is 38.7 Å². The van der Waals surface area contributed by atoms with Gasteiger partial charge in [0.25, 0.3) is 0 Å². The van der Waals surface area contributed by atoms with E-state index in [9.17, 15) is 19.8 Å². The van der Waals surface area contributed by atoms with Gasteiger partial charge in [-0.05, 0) is 60.7 Å². The Balaban J connectivity index is 1.56. The van der Waals surface area contributed by atoms with Crippen LogP contribution in [0.25, 0.3) is 17.2 Å². The van der Waals surface area contributed by atoms with Crippen LogP contribution in [0.2, 0.25) is 0 Å². The maximum absolute atomic E-state index is 14.9. The third-order valence-electron chi connectivity index (χ3n) is 10.1. The summed E-state index contributed by atoms with van der Waals surface area (Å²) in [5, 5.41) is 31.4. The summed E-state index contributed by atoms with van der Waals surface area (Å²) >= 11 is 1.28. The lowest BCUT2D eigenvalue weighted by atomic mass is 9.82. The number of nitrogens with zero attached hydrogens (tertiary/aromatic N) is 6. The van der Waals surface area contributed by atoms with Crippen LogP contribution in [0.1, 0.15) is 45.2 Å². The normalized spacial score (nSPS) is 21.6. The summed E-state index contributed by atoms with van der Waals surface area (Å²) in [5.41, 5.74) is 2.24. The minimum atomic E-state index is -1.29. The molecule has 14 nitrogen and oxygen atoms in total. The van der Waals surface area contributed by atoms with E-state index in [0.717, 1.165) is 11.3 Å². The van der Waals surface area contributed by atoms with E-state index in [2.05, 4.69) is 29.0 Å². The van der Waals surface area contributed by atoms with Crippen molar-refractivity contribution in [3.05, 3.63) is 78.5 Å². The fraction of sp³-hybridized carbons (Fsp3) is 0.488. The van der Waals surface area contributed by atoms with Crippen molar-refractivity contribution in [2.75, 3.05) is 59.9 Å². The maximum Gasteiger partial charge on any atom is 0.233 e. The number of ether oxygens (including phenoxy) is 4. The number of carbonyl (C=O) groups excluding carboxylic acids is 2. The average molecular weight is 791 g/mol. The molecule has 3 heterocycles. The highest BCUT2D eigenvalue weighted by molar-refractivity contribution is 7.99. The zero-order chi connectivity index (χ0) is 40.2. The quantitative estimate of drug-likeness (QED) is 0.214. The van der Waals surface area contributed by atoms with Crippen molar-refractivity contribution in [2.24, 2.45) is 11.8 Å². The maximum atomic E-state index is 14.9. The lowest BCUT2D eigenvalue weighted by molar-refractivity contribution is -0.139. The molecule has 0 saturated carbocycles. The smallest absolute Gasteiger partial charge is 0.233 e. The number of aliphatic hydroxyl groups is 2. The van der Waals surface area contributed by atoms with Crippen molar-refractivity contribution in [1.29, 1.82) is 0 Å². The van der Waals surface area contributed by atoms with Gasteiger partial charge in [-0.15, -0.1) is 10.2 Å². The van der Waals surface area contributed by atoms with Crippen LogP contribution in [0, 0.1) is 11.8 Å². The molecule has 2 N–H and O–H groups in total. The van der Waals surface area contributed by atoms with Crippen LogP contribution in [-0.2, 0) is 19.1 Å². The van der Waals surface area contributed by atoms with E-state index in [0.29, 0.717) is 54.2 Å². The molecule has 56 heavy (non-hydrogen) atoms. The molecule has 1 fully saturated rings. The van der Waals surface area contributed by atoms with Crippen LogP contribution in [0.5, 0.6) is 11.5 Å². The molecule has 0 bridgehead atoms. The number of hydrogen-bond acceptors (Lipinski definition) is 12. The second-order valence-corrected chi connectivity index (χ2v) is 15.0. The number of pyridine rings is 1. The molecule has 4 aromatic rings. The van der Waals surface area contributed by atoms with Gasteiger partial charge in [-0.3, -0.25) is 19.1 Å². The SMILES string of the molecule is COc1cccc([C@@H]2[C@@H](C(C)C)CN(C(C)=O)C[C@H](OC)[C@@H](O)[C@@H](O)COCCCCN2C(=O)CSc2nnc(-c3ccccn3)n2-c2cccc(OC)c2)c1. The molecule has 5 rings (SSSR count). The van der Waals surface area contributed by atoms with Gasteiger partial charge < -0.3 is 39.0 Å². The Morgan fingerprint density at radius 1 is 0.946 bits per heavy atom. The Kier molecular flexibility index (Phi) is 15.7. The van der Waals surface area contributed by atoms with Crippen molar-refractivity contribution in [3.8, 4) is 28.7 Å². The van der Waals surface area contributed by atoms with Crippen LogP contribution in [0.3, 0.4) is 0 Å². The molecule has 1 saturated heterocycles. The Labute approximate surface area is 333 Å². The molecule has 2 aromatic heterocycles. The van der Waals surface area contributed by atoms with E-state index in [1.165, 1.54) is 25.8 Å². The highest BCUT2D eigenvalue weighted by Gasteiger charge is 2.38. The van der Waals surface area contributed by atoms with E-state index in [-0.39, 0.29) is 49.1 Å². The second-order valence-electron chi connectivity index (χ2n) is 14.1. The second kappa shape index (κ2) is 20.6. The fourth-order valence-electron chi connectivity index (χ4n) is 6.96. The first kappa shape index (κ1) is 42.6. The zero-order valence-corrected chi connectivity index (χ0v) is 33.8. The molecule has 1 aliphatic heterocycles. The number of rotatable bonds is 10. The molecular weight excluding hydrogens is 737 g/mol. The van der Waals surface area contributed by atoms with Gasteiger partial charge in [-0.2, -0.15) is 0 Å². The highest BCUT2D eigenvalue weighted by atomic mass is 32.2. The summed E-state index contributed by atoms with van der Waals surface area (Å²) in [5.74, 6) is 1.22. The summed E-state index contributed by atoms with van der Waals surface area (Å²) in [4.78, 5) is 36.2. The van der Waals surface area contributed by atoms with E-state index in [1.807, 2.05) is 76.2 Å². The standard InChI is InChI=1S/C41H54N6O8S/c1-27(2)33-23-45(28(3)48)24-36(54-6)39(51)35(49)25-55-20-10-9-19-46(38(33)29-13-11-15-31(21-29)52-4)37(50)26-56-41-44-43-40(34-17-7-8-18-42-34)47(41)30-14-12-16-32(22-30)53-5/h7-8,11-18,21-22,27,33,35-36,38-39,49,51H,9-10,19-20,23-26H2,1-6H3/t33-,35+,36+,38-,39+/m1/s1. The third kappa shape index (κ3) is 10.6. The van der Waals surface area contributed by atoms with Gasteiger partial charge in [0.1, 0.15) is 35.5 Å². The highest BCUT2D eigenvalue weighted by Crippen LogP contribution is 2.38. The topological polar surface area (TPSA) is 162 Å². The van der Waals surface area contributed by atoms with Gasteiger partial charge in [0.05, 0.1) is 38.3 Å². The molecule has 0 spiro atoms. The number of hydrogen-bond donors (Lipinski definition) is 2. The molecule has 5 atom stereocenters. The largest absolute Gasteiger partial charge is 0.497 e. The lowest BCUT2D eigenvalue weighted by Gasteiger charge is -2.42. The molecule has 15 heteroatoms. The molecule has 0 aliphatic carbocycles. The summed E-state index contributed by atoms with van der Waals surface area (Å²) in [6.07, 6.45) is -0.482. The van der Waals surface area contributed by atoms with Crippen LogP contribution in [0.15, 0.2) is 78.1 Å². The van der Waals surface area contributed by atoms with E-state index in [4.69, 9.17) is 18.9 Å². The number of thioether (sulfide) groups is 1. The van der Waals surface area contributed by atoms with Gasteiger partial charge in [-0.1, -0.05) is 49.9 Å². The Morgan fingerprint density at radius 3 is 2.38 bits per heavy atom. The van der Waals surface area contributed by atoms with Crippen molar-refractivity contribution in [3.63, 3.8) is 0 Å². The zero-order valence-electron chi connectivity index (χ0n) is 33.0. The number of carbonyl (C=O) groups is 2. The lowest BCUT2D eigenvalue weighted by Crippen LogP contribution is -2.51. The summed E-state index contributed by atoms with van der Waals surface area (Å²) in [6.45, 7) is 6.52. The molecular formula is C41H54N6O8S. The van der Waals surface area contributed by atoms with Gasteiger partial charge in [0.15, 0.2) is 11.0 Å². The molecule has 1 aliphatic rings. The minimum Gasteiger partial charge on any atom is -0.497 e. The summed E-state index contributed by atoms with van der Waals surface area (Å²) < 4.78 is 24.5. The number of methoxy groups -OCH3 is 3. The van der Waals surface area contributed by atoms with Gasteiger partial charge in [0.2, 0.25) is 11.8 Å². The third-order valence-corrected chi connectivity index (χ3v) is 11.0. The van der Waals surface area contributed by atoms with E-state index in [1.54, 1.807) is 25.3 Å². The average Bonchev–Trinajstić information content (AvgIpc) is 3.64. The first-order valence-electron chi connectivity index (χ1n) is 18.9. The molecule has 0 radical (unpaired) electrons. The summed E-state index contributed by atoms with van der Waals surface area (Å²) in [7, 11) is 4.66. The Bertz CT molecular complexity index is 1860. The van der Waals surface area contributed by atoms with Crippen molar-refractivity contribution in [2.45, 2.75) is 63.1 Å². The molecule has 2 aromatic carbocycles. The van der Waals surface area contributed by atoms with Crippen LogP contribution < -0.4 is 9.47 Å². The van der Waals surface area contributed by atoms with Crippen LogP contribution in [0.4, 0.5) is 0 Å². The van der Waals surface area contributed by atoms with Crippen molar-refractivity contribution >= 4 is 23.6 Å². The number of benzene rings is 2. The molecule has 302 valence electrons. The minimum absolute atomic E-state index is 0.0105. The summed E-state index contributed by atoms with van der Waals surface area (Å²) in [6, 6.07) is 20.3. The van der Waals surface area contributed by atoms with Gasteiger partial charge in [-0.25, -0.2) is 0 Å². The van der Waals surface area contributed by atoms with E-state index >= 15 is 0 Å². The van der Waals surface area contributed by atoms with E-state index < -0.39 is 24.4 Å². The first-order valence-corrected chi connectivity index (χ1v) is 19.8. The van der Waals surface area contributed by atoms with Crippen molar-refractivity contribution in [1.82, 2.24) is 29.5 Å². The number of amides is 2. The van der Waals surface area contributed by atoms with Crippen LogP contribution >= 0.6 is 11.8 Å². The fourth-order valence-corrected chi connectivity index (χ4v) is 7.79. The predicted molar refractivity (Wildman–Crippen MR) is 213 cm³/mol. The number of aromatic nitrogens is 4. The number of aliphatic hydroxyl groups excluding tert-OH is 2. The Morgan fingerprint density at radius 2 is 1.70 bits per heavy atom. The molecule has 0 unspecified atom stereocenters. The van der Waals surface area contributed by atoms with Gasteiger partial charge >= 0.3 is 0 Å². The molecule has 2 amide bonds. The Hall–Kier alpha value is -4.54. The predicted octanol–water partition coefficient (Wildman–Crippen LogP) is 4.68.